The number of carbonyl (C=O) groups excluding carboxylic acids is 1. The molecular weight excluding hydrogens is 375 g/mol. The Morgan fingerprint density at radius 2 is 1.60 bits per heavy atom. The molecule has 0 amide bonds. The number of aliphatic hydroxyl groups is 8. The summed E-state index contributed by atoms with van der Waals surface area (Å²) in [5.74, 6) is -2.07. The van der Waals surface area contributed by atoms with Crippen molar-refractivity contribution in [3.8, 4) is 0 Å². The Morgan fingerprint density at radius 1 is 1.04 bits per heavy atom. The van der Waals surface area contributed by atoms with Crippen molar-refractivity contribution >= 4 is 5.97 Å². The molecule has 0 unspecified atom stereocenters. The Hall–Kier alpha value is 0.706. The van der Waals surface area contributed by atoms with Crippen molar-refractivity contribution in [2.45, 2.75) is 55.1 Å². The molecule has 0 saturated carbocycles. The maximum absolute atomic E-state index is 10.4. The number of aliphatic hydroxyl groups excluding tert-OH is 8. The van der Waals surface area contributed by atoms with Crippen molar-refractivity contribution in [1.82, 2.24) is 0 Å². The monoisotopic (exact) mass is 396 g/mol. The first-order chi connectivity index (χ1) is 11.1. The fourth-order valence-corrected chi connectivity index (χ4v) is 2.05. The van der Waals surface area contributed by atoms with E-state index < -0.39 is 74.3 Å². The molecule has 1 fully saturated rings. The topological polar surface area (TPSA) is 220 Å². The van der Waals surface area contributed by atoms with Crippen molar-refractivity contribution in [2.24, 2.45) is 0 Å². The third-order valence-electron chi connectivity index (χ3n) is 3.59. The smallest absolute Gasteiger partial charge is 0.547 e. The van der Waals surface area contributed by atoms with Gasteiger partial charge in [-0.2, -0.15) is 0 Å². The zero-order valence-corrected chi connectivity index (χ0v) is 16.4. The van der Waals surface area contributed by atoms with E-state index in [4.69, 9.17) is 19.7 Å². The summed E-state index contributed by atoms with van der Waals surface area (Å²) in [6, 6.07) is 0. The first kappa shape index (κ1) is 25.7. The summed E-state index contributed by atoms with van der Waals surface area (Å²) >= 11 is 0. The van der Waals surface area contributed by atoms with Crippen LogP contribution >= 0.6 is 0 Å². The van der Waals surface area contributed by atoms with E-state index in [1.165, 1.54) is 0 Å². The van der Waals surface area contributed by atoms with Crippen molar-refractivity contribution < 1.29 is 112 Å². The molecule has 9 atom stereocenters. The van der Waals surface area contributed by atoms with Gasteiger partial charge in [0.25, 0.3) is 0 Å². The Balaban J connectivity index is 0.00000576. The Labute approximate surface area is 184 Å². The summed E-state index contributed by atoms with van der Waals surface area (Å²) in [6.45, 7) is -1.51. The van der Waals surface area contributed by atoms with Crippen molar-refractivity contribution in [2.75, 3.05) is 13.2 Å². The Bertz CT molecular complexity index is 410. The molecule has 12 nitrogen and oxygen atoms in total. The average Bonchev–Trinajstić information content (AvgIpc) is 2.56. The second-order valence-corrected chi connectivity index (χ2v) is 5.34. The van der Waals surface area contributed by atoms with Gasteiger partial charge in [-0.1, -0.05) is 0 Å². The molecule has 0 aromatic heterocycles. The number of hydrogen-bond acceptors (Lipinski definition) is 12. The van der Waals surface area contributed by atoms with Crippen LogP contribution in [0.3, 0.4) is 0 Å². The van der Waals surface area contributed by atoms with Crippen LogP contribution in [0.15, 0.2) is 0 Å². The molecule has 0 radical (unpaired) electrons. The van der Waals surface area contributed by atoms with Gasteiger partial charge in [0.05, 0.1) is 19.2 Å². The molecule has 1 aliphatic heterocycles. The number of carboxylic acid groups (broad SMARTS) is 1. The average molecular weight is 396 g/mol. The molecule has 0 aromatic carbocycles. The summed E-state index contributed by atoms with van der Waals surface area (Å²) in [5.41, 5.74) is 0. The van der Waals surface area contributed by atoms with Crippen molar-refractivity contribution in [3.05, 3.63) is 0 Å². The van der Waals surface area contributed by atoms with Crippen LogP contribution in [0, 0.1) is 0 Å². The standard InChI is InChI=1S/C12H22O12.K/c13-1-4-6(16)8(18)10(20)12(24-4)23-2-3(14)5(15)7(17)9(19)11(21)22;/h3-10,12-20H,1-2H2,(H,21,22);/q;+1/p-1/t3-,4-,5-,6+,7+,8+,9-,10-,12+;/m1./s1. The van der Waals surface area contributed by atoms with E-state index >= 15 is 0 Å². The molecule has 0 aromatic rings. The molecular formula is C12H21KO12. The fraction of sp³-hybridized carbons (Fsp3) is 0.917. The predicted octanol–water partition coefficient (Wildman–Crippen LogP) is -10.00. The molecule has 0 bridgehead atoms. The molecule has 13 heteroatoms. The van der Waals surface area contributed by atoms with Gasteiger partial charge in [-0.05, 0) is 0 Å². The third-order valence-corrected chi connectivity index (χ3v) is 3.59. The molecule has 1 heterocycles. The largest absolute Gasteiger partial charge is 1.00 e. The summed E-state index contributed by atoms with van der Waals surface area (Å²) in [5, 5.41) is 85.7. The second kappa shape index (κ2) is 11.5. The van der Waals surface area contributed by atoms with Crippen molar-refractivity contribution in [1.29, 1.82) is 0 Å². The molecule has 1 rings (SSSR count). The van der Waals surface area contributed by atoms with Crippen LogP contribution < -0.4 is 56.5 Å². The summed E-state index contributed by atoms with van der Waals surface area (Å²) in [7, 11) is 0. The van der Waals surface area contributed by atoms with Gasteiger partial charge in [-0.3, -0.25) is 0 Å². The van der Waals surface area contributed by atoms with E-state index in [2.05, 4.69) is 0 Å². The maximum Gasteiger partial charge on any atom is 1.00 e. The zero-order chi connectivity index (χ0) is 18.6. The predicted molar refractivity (Wildman–Crippen MR) is 68.8 cm³/mol. The summed E-state index contributed by atoms with van der Waals surface area (Å²) < 4.78 is 9.86. The van der Waals surface area contributed by atoms with Crippen LogP contribution in [0.2, 0.25) is 0 Å². The minimum atomic E-state index is -2.46. The van der Waals surface area contributed by atoms with E-state index in [-0.39, 0.29) is 51.4 Å². The zero-order valence-electron chi connectivity index (χ0n) is 13.3. The van der Waals surface area contributed by atoms with E-state index in [1.54, 1.807) is 0 Å². The summed E-state index contributed by atoms with van der Waals surface area (Å²) in [6.07, 6.45) is -16.7. The van der Waals surface area contributed by atoms with E-state index in [0.717, 1.165) is 0 Å². The molecule has 0 aliphatic carbocycles. The van der Waals surface area contributed by atoms with Gasteiger partial charge in [-0.15, -0.1) is 0 Å². The van der Waals surface area contributed by atoms with Crippen LogP contribution in [-0.4, -0.2) is 115 Å². The van der Waals surface area contributed by atoms with Crippen LogP contribution in [-0.2, 0) is 14.3 Å². The van der Waals surface area contributed by atoms with E-state index in [0.29, 0.717) is 0 Å². The van der Waals surface area contributed by atoms with Crippen molar-refractivity contribution in [3.63, 3.8) is 0 Å². The number of rotatable bonds is 8. The van der Waals surface area contributed by atoms with Gasteiger partial charge in [-0.25, -0.2) is 0 Å². The Morgan fingerprint density at radius 3 is 2.08 bits per heavy atom. The maximum atomic E-state index is 10.4. The van der Waals surface area contributed by atoms with E-state index in [1.807, 2.05) is 0 Å². The minimum absolute atomic E-state index is 0. The third kappa shape index (κ3) is 6.67. The van der Waals surface area contributed by atoms with Gasteiger partial charge >= 0.3 is 51.4 Å². The van der Waals surface area contributed by atoms with Crippen LogP contribution in [0.1, 0.15) is 0 Å². The van der Waals surface area contributed by atoms with Gasteiger partial charge in [0.1, 0.15) is 48.8 Å². The SMILES string of the molecule is O=C([O-])[C@H](O)[C@@H](O)[C@H](O)[C@H](O)CO[C@H]1O[C@H](CO)[C@H](O)[C@H](O)[C@H]1O.[K+]. The normalized spacial score (nSPS) is 34.5. The molecule has 1 saturated heterocycles. The number of hydrogen-bond donors (Lipinski definition) is 8. The van der Waals surface area contributed by atoms with Gasteiger partial charge in [0.2, 0.25) is 0 Å². The molecule has 25 heavy (non-hydrogen) atoms. The molecule has 142 valence electrons. The molecule has 8 N–H and O–H groups in total. The quantitative estimate of drug-likeness (QED) is 0.179. The fourth-order valence-electron chi connectivity index (χ4n) is 2.05. The first-order valence-electron chi connectivity index (χ1n) is 6.97. The van der Waals surface area contributed by atoms with E-state index in [9.17, 15) is 40.5 Å². The van der Waals surface area contributed by atoms with Crippen LogP contribution in [0.25, 0.3) is 0 Å². The second-order valence-electron chi connectivity index (χ2n) is 5.34. The Kier molecular flexibility index (Phi) is 11.9. The van der Waals surface area contributed by atoms with Crippen LogP contribution in [0.4, 0.5) is 0 Å². The number of carboxylic acids is 1. The first-order valence-corrected chi connectivity index (χ1v) is 6.97. The van der Waals surface area contributed by atoms with Crippen LogP contribution in [0.5, 0.6) is 0 Å². The molecule has 1 aliphatic rings. The number of aliphatic carboxylic acids is 1. The molecule has 0 spiro atoms. The number of ether oxygens (including phenoxy) is 2. The van der Waals surface area contributed by atoms with Gasteiger partial charge < -0.3 is 60.2 Å². The van der Waals surface area contributed by atoms with Gasteiger partial charge in [0, 0.05) is 0 Å². The van der Waals surface area contributed by atoms with Gasteiger partial charge in [0.15, 0.2) is 6.29 Å². The summed E-state index contributed by atoms with van der Waals surface area (Å²) in [4.78, 5) is 10.4. The number of carbonyl (C=O) groups is 1. The minimum Gasteiger partial charge on any atom is -0.547 e.